The van der Waals surface area contributed by atoms with Crippen LogP contribution in [0.25, 0.3) is 0 Å². The Balaban J connectivity index is 1.38. The van der Waals surface area contributed by atoms with E-state index in [1.165, 1.54) is 5.56 Å². The van der Waals surface area contributed by atoms with Crippen molar-refractivity contribution in [3.63, 3.8) is 0 Å². The molecule has 1 aliphatic heterocycles. The van der Waals surface area contributed by atoms with Crippen molar-refractivity contribution in [1.82, 2.24) is 10.2 Å². The summed E-state index contributed by atoms with van der Waals surface area (Å²) in [4.78, 5) is 27.5. The lowest BCUT2D eigenvalue weighted by Crippen LogP contribution is -2.48. The molecule has 0 bridgehead atoms. The molecule has 2 aliphatic rings. The van der Waals surface area contributed by atoms with Crippen LogP contribution < -0.4 is 15.4 Å². The van der Waals surface area contributed by atoms with Crippen molar-refractivity contribution in [2.24, 2.45) is 5.92 Å². The first-order valence-corrected chi connectivity index (χ1v) is 11.6. The molecular formula is C26H33N3O3. The number of nitrogens with one attached hydrogen (secondary N) is 2. The molecule has 6 nitrogen and oxygen atoms in total. The van der Waals surface area contributed by atoms with Crippen LogP contribution in [0.1, 0.15) is 44.1 Å². The molecule has 32 heavy (non-hydrogen) atoms. The molecular weight excluding hydrogens is 402 g/mol. The molecule has 2 fully saturated rings. The summed E-state index contributed by atoms with van der Waals surface area (Å²) >= 11 is 0. The van der Waals surface area contributed by atoms with Gasteiger partial charge in [0.25, 0.3) is 0 Å². The van der Waals surface area contributed by atoms with E-state index in [0.717, 1.165) is 50.0 Å². The standard InChI is InChI=1S/C26H33N3O3/c1-32-23-14-6-5-13-22(23)26(15-7-8-16-26)19-27-24(30)20-10-9-17-29(18-20)25(31)28-21-11-3-2-4-12-21/h2-6,11-14,20H,7-10,15-19H2,1H3,(H,27,30)(H,28,31). The summed E-state index contributed by atoms with van der Waals surface area (Å²) in [6.45, 7) is 1.73. The zero-order valence-corrected chi connectivity index (χ0v) is 18.8. The van der Waals surface area contributed by atoms with Gasteiger partial charge in [0.1, 0.15) is 5.75 Å². The van der Waals surface area contributed by atoms with Crippen LogP contribution in [0.3, 0.4) is 0 Å². The molecule has 1 unspecified atom stereocenters. The van der Waals surface area contributed by atoms with E-state index in [1.807, 2.05) is 48.5 Å². The molecule has 4 rings (SSSR count). The lowest BCUT2D eigenvalue weighted by molar-refractivity contribution is -0.126. The Bertz CT molecular complexity index is 925. The van der Waals surface area contributed by atoms with Crippen LogP contribution in [0.15, 0.2) is 54.6 Å². The number of carbonyl (C=O) groups is 2. The van der Waals surface area contributed by atoms with Crippen molar-refractivity contribution >= 4 is 17.6 Å². The summed E-state index contributed by atoms with van der Waals surface area (Å²) in [7, 11) is 1.71. The minimum absolute atomic E-state index is 0.0448. The molecule has 3 amide bonds. The Hall–Kier alpha value is -3.02. The second-order valence-corrected chi connectivity index (χ2v) is 8.99. The number of anilines is 1. The zero-order chi connectivity index (χ0) is 22.4. The Morgan fingerprint density at radius 2 is 1.75 bits per heavy atom. The molecule has 1 heterocycles. The molecule has 2 aromatic carbocycles. The first-order chi connectivity index (χ1) is 15.6. The number of benzene rings is 2. The Labute approximate surface area is 190 Å². The van der Waals surface area contributed by atoms with Crippen LogP contribution in [0.5, 0.6) is 5.75 Å². The largest absolute Gasteiger partial charge is 0.496 e. The van der Waals surface area contributed by atoms with Crippen LogP contribution >= 0.6 is 0 Å². The summed E-state index contributed by atoms with van der Waals surface area (Å²) in [5.74, 6) is 0.759. The average Bonchev–Trinajstić information content (AvgIpc) is 3.33. The molecule has 0 radical (unpaired) electrons. The number of urea groups is 1. The SMILES string of the molecule is COc1ccccc1C1(CNC(=O)C2CCCN(C(=O)Nc3ccccc3)C2)CCCC1. The van der Waals surface area contributed by atoms with Crippen molar-refractivity contribution in [3.8, 4) is 5.75 Å². The highest BCUT2D eigenvalue weighted by Crippen LogP contribution is 2.44. The minimum atomic E-state index is -0.179. The van der Waals surface area contributed by atoms with Crippen molar-refractivity contribution in [2.75, 3.05) is 32.1 Å². The number of hydrogen-bond donors (Lipinski definition) is 2. The first kappa shape index (κ1) is 22.2. The molecule has 1 saturated carbocycles. The van der Waals surface area contributed by atoms with Crippen molar-refractivity contribution in [2.45, 2.75) is 43.9 Å². The van der Waals surface area contributed by atoms with E-state index in [-0.39, 0.29) is 23.3 Å². The van der Waals surface area contributed by atoms with E-state index in [0.29, 0.717) is 19.6 Å². The van der Waals surface area contributed by atoms with E-state index in [9.17, 15) is 9.59 Å². The second kappa shape index (κ2) is 10.1. The van der Waals surface area contributed by atoms with Gasteiger partial charge < -0.3 is 20.3 Å². The van der Waals surface area contributed by atoms with Gasteiger partial charge in [-0.05, 0) is 43.9 Å². The fourth-order valence-corrected chi connectivity index (χ4v) is 5.18. The fraction of sp³-hybridized carbons (Fsp3) is 0.462. The zero-order valence-electron chi connectivity index (χ0n) is 18.8. The molecule has 1 atom stereocenters. The van der Waals surface area contributed by atoms with Gasteiger partial charge in [-0.25, -0.2) is 4.79 Å². The van der Waals surface area contributed by atoms with Crippen LogP contribution in [-0.2, 0) is 10.2 Å². The van der Waals surface area contributed by atoms with Gasteiger partial charge in [0.2, 0.25) is 5.91 Å². The molecule has 1 saturated heterocycles. The van der Waals surface area contributed by atoms with Gasteiger partial charge in [0.05, 0.1) is 13.0 Å². The second-order valence-electron chi connectivity index (χ2n) is 8.99. The summed E-state index contributed by atoms with van der Waals surface area (Å²) in [5, 5.41) is 6.17. The van der Waals surface area contributed by atoms with Crippen LogP contribution in [0, 0.1) is 5.92 Å². The molecule has 0 aromatic heterocycles. The maximum atomic E-state index is 13.1. The fourth-order valence-electron chi connectivity index (χ4n) is 5.18. The molecule has 170 valence electrons. The summed E-state index contributed by atoms with van der Waals surface area (Å²) in [5.41, 5.74) is 1.87. The minimum Gasteiger partial charge on any atom is -0.496 e. The summed E-state index contributed by atoms with van der Waals surface area (Å²) in [6, 6.07) is 17.5. The lowest BCUT2D eigenvalue weighted by Gasteiger charge is -2.34. The lowest BCUT2D eigenvalue weighted by atomic mass is 9.78. The van der Waals surface area contributed by atoms with E-state index >= 15 is 0 Å². The number of piperidine rings is 1. The Kier molecular flexibility index (Phi) is 6.98. The third-order valence-electron chi connectivity index (χ3n) is 6.94. The number of hydrogen-bond acceptors (Lipinski definition) is 3. The molecule has 0 spiro atoms. The third kappa shape index (κ3) is 4.90. The van der Waals surface area contributed by atoms with Crippen molar-refractivity contribution in [3.05, 3.63) is 60.2 Å². The summed E-state index contributed by atoms with van der Waals surface area (Å²) < 4.78 is 5.63. The highest BCUT2D eigenvalue weighted by Gasteiger charge is 2.39. The average molecular weight is 436 g/mol. The van der Waals surface area contributed by atoms with Crippen LogP contribution in [0.2, 0.25) is 0 Å². The number of methoxy groups -OCH3 is 1. The normalized spacial score (nSPS) is 19.9. The molecule has 2 aromatic rings. The highest BCUT2D eigenvalue weighted by atomic mass is 16.5. The molecule has 1 aliphatic carbocycles. The third-order valence-corrected chi connectivity index (χ3v) is 6.94. The van der Waals surface area contributed by atoms with Gasteiger partial charge in [-0.15, -0.1) is 0 Å². The van der Waals surface area contributed by atoms with Gasteiger partial charge in [-0.2, -0.15) is 0 Å². The predicted molar refractivity (Wildman–Crippen MR) is 126 cm³/mol. The number of amides is 3. The quantitative estimate of drug-likeness (QED) is 0.698. The maximum absolute atomic E-state index is 13.1. The topological polar surface area (TPSA) is 70.7 Å². The number of rotatable bonds is 6. The van der Waals surface area contributed by atoms with Crippen molar-refractivity contribution in [1.29, 1.82) is 0 Å². The van der Waals surface area contributed by atoms with Gasteiger partial charge in [-0.3, -0.25) is 4.79 Å². The molecule has 2 N–H and O–H groups in total. The number of nitrogens with zero attached hydrogens (tertiary/aromatic N) is 1. The van der Waals surface area contributed by atoms with E-state index in [4.69, 9.17) is 4.74 Å². The monoisotopic (exact) mass is 435 g/mol. The van der Waals surface area contributed by atoms with Gasteiger partial charge in [0, 0.05) is 36.3 Å². The smallest absolute Gasteiger partial charge is 0.321 e. The Morgan fingerprint density at radius 3 is 2.50 bits per heavy atom. The van der Waals surface area contributed by atoms with E-state index in [2.05, 4.69) is 16.7 Å². The van der Waals surface area contributed by atoms with Crippen LogP contribution in [-0.4, -0.2) is 43.6 Å². The van der Waals surface area contributed by atoms with Gasteiger partial charge >= 0.3 is 6.03 Å². The van der Waals surface area contributed by atoms with Crippen LogP contribution in [0.4, 0.5) is 10.5 Å². The molecule has 6 heteroatoms. The number of para-hydroxylation sites is 2. The Morgan fingerprint density at radius 1 is 1.03 bits per heavy atom. The van der Waals surface area contributed by atoms with E-state index in [1.54, 1.807) is 12.0 Å². The van der Waals surface area contributed by atoms with Crippen molar-refractivity contribution < 1.29 is 14.3 Å². The number of carbonyl (C=O) groups excluding carboxylic acids is 2. The van der Waals surface area contributed by atoms with E-state index < -0.39 is 0 Å². The summed E-state index contributed by atoms with van der Waals surface area (Å²) in [6.07, 6.45) is 6.05. The number of likely N-dealkylation sites (tertiary alicyclic amines) is 1. The number of ether oxygens (including phenoxy) is 1. The predicted octanol–water partition coefficient (Wildman–Crippen LogP) is 4.57. The first-order valence-electron chi connectivity index (χ1n) is 11.6. The highest BCUT2D eigenvalue weighted by molar-refractivity contribution is 5.90. The maximum Gasteiger partial charge on any atom is 0.321 e. The van der Waals surface area contributed by atoms with Gasteiger partial charge in [-0.1, -0.05) is 49.2 Å². The van der Waals surface area contributed by atoms with Gasteiger partial charge in [0.15, 0.2) is 0 Å².